The van der Waals surface area contributed by atoms with Gasteiger partial charge < -0.3 is 15.4 Å². The molecule has 3 N–H and O–H groups in total. The maximum Gasteiger partial charge on any atom is 0.411 e. The quantitative estimate of drug-likeness (QED) is 0.223. The van der Waals surface area contributed by atoms with Crippen molar-refractivity contribution in [1.29, 1.82) is 0 Å². The van der Waals surface area contributed by atoms with Gasteiger partial charge in [0.05, 0.1) is 24.5 Å². The molecule has 0 saturated carbocycles. The van der Waals surface area contributed by atoms with E-state index in [-0.39, 0.29) is 11.1 Å². The second-order valence-corrected chi connectivity index (χ2v) is 10.8. The number of hydrogen-bond acceptors (Lipinski definition) is 9. The van der Waals surface area contributed by atoms with Gasteiger partial charge in [-0.1, -0.05) is 35.3 Å². The highest BCUT2D eigenvalue weighted by Crippen LogP contribution is 2.31. The lowest BCUT2D eigenvalue weighted by Gasteiger charge is -2.27. The van der Waals surface area contributed by atoms with Crippen molar-refractivity contribution in [3.05, 3.63) is 82.4 Å². The van der Waals surface area contributed by atoms with Crippen molar-refractivity contribution in [2.45, 2.75) is 25.3 Å². The first-order valence-electron chi connectivity index (χ1n) is 13.6. The number of ether oxygens (including phenoxy) is 1. The van der Waals surface area contributed by atoms with Crippen molar-refractivity contribution in [3.8, 4) is 16.8 Å². The molecule has 1 aliphatic rings. The molecule has 0 radical (unpaired) electrons. The summed E-state index contributed by atoms with van der Waals surface area (Å²) in [5.74, 6) is 0.0277. The number of rotatable bonds is 9. The molecule has 1 saturated heterocycles. The van der Waals surface area contributed by atoms with Gasteiger partial charge in [0.2, 0.25) is 5.91 Å². The summed E-state index contributed by atoms with van der Waals surface area (Å²) in [6.07, 6.45) is 6.78. The molecule has 2 atom stereocenters. The molecule has 2 amide bonds. The Morgan fingerprint density at radius 2 is 2.00 bits per heavy atom. The Hall–Kier alpha value is -4.39. The zero-order valence-electron chi connectivity index (χ0n) is 23.2. The van der Waals surface area contributed by atoms with E-state index in [2.05, 4.69) is 46.4 Å². The summed E-state index contributed by atoms with van der Waals surface area (Å²) in [6.45, 7) is 1.83. The Bertz CT molecular complexity index is 1590. The number of benzene rings is 2. The molecule has 5 rings (SSSR count). The summed E-state index contributed by atoms with van der Waals surface area (Å²) in [5.41, 5.74) is 3.92. The lowest BCUT2D eigenvalue weighted by atomic mass is 9.90. The van der Waals surface area contributed by atoms with E-state index < -0.39 is 12.1 Å². The summed E-state index contributed by atoms with van der Waals surface area (Å²) in [4.78, 5) is 24.8. The molecule has 2 aromatic heterocycles. The van der Waals surface area contributed by atoms with E-state index in [4.69, 9.17) is 23.2 Å². The highest BCUT2D eigenvalue weighted by Gasteiger charge is 2.24. The zero-order chi connectivity index (χ0) is 30.2. The Kier molecular flexibility index (Phi) is 9.92. The molecule has 1 unspecified atom stereocenters. The van der Waals surface area contributed by atoms with Gasteiger partial charge in [-0.15, -0.1) is 10.2 Å². The van der Waals surface area contributed by atoms with Crippen molar-refractivity contribution in [1.82, 2.24) is 41.0 Å². The van der Waals surface area contributed by atoms with E-state index >= 15 is 0 Å². The lowest BCUT2D eigenvalue weighted by molar-refractivity contribution is -0.117. The van der Waals surface area contributed by atoms with Gasteiger partial charge in [0, 0.05) is 27.9 Å². The van der Waals surface area contributed by atoms with Crippen LogP contribution in [-0.4, -0.2) is 62.6 Å². The number of aromatic nitrogens is 6. The predicted molar refractivity (Wildman–Crippen MR) is 163 cm³/mol. The average Bonchev–Trinajstić information content (AvgIpc) is 3.56. The molecule has 1 fully saturated rings. The first-order chi connectivity index (χ1) is 20.9. The second-order valence-electron chi connectivity index (χ2n) is 9.97. The molecule has 0 bridgehead atoms. The van der Waals surface area contributed by atoms with Crippen LogP contribution in [0.4, 0.5) is 10.5 Å². The second kappa shape index (κ2) is 14.2. The molecular weight excluding hydrogens is 593 g/mol. The number of anilines is 1. The third kappa shape index (κ3) is 7.92. The fraction of sp³-hybridized carbons (Fsp3) is 0.276. The van der Waals surface area contributed by atoms with Crippen LogP contribution in [0.5, 0.6) is 0 Å². The first kappa shape index (κ1) is 30.1. The smallest absolute Gasteiger partial charge is 0.411 e. The largest absolute Gasteiger partial charge is 0.453 e. The summed E-state index contributed by atoms with van der Waals surface area (Å²) in [6, 6.07) is 13.7. The van der Waals surface area contributed by atoms with Crippen molar-refractivity contribution in [3.63, 3.8) is 0 Å². The number of halogens is 2. The number of tetrazole rings is 1. The van der Waals surface area contributed by atoms with Gasteiger partial charge in [-0.05, 0) is 96.7 Å². The van der Waals surface area contributed by atoms with Crippen molar-refractivity contribution < 1.29 is 14.3 Å². The molecule has 3 heterocycles. The highest BCUT2D eigenvalue weighted by molar-refractivity contribution is 6.32. The Balaban J connectivity index is 1.39. The van der Waals surface area contributed by atoms with Gasteiger partial charge in [0.25, 0.3) is 0 Å². The number of hydrogen-bond donors (Lipinski definition) is 3. The van der Waals surface area contributed by atoms with Crippen LogP contribution in [-0.2, 0) is 9.53 Å². The number of carbonyl (C=O) groups excluding carboxylic acids is 2. The van der Waals surface area contributed by atoms with E-state index in [1.807, 2.05) is 18.2 Å². The molecule has 4 aromatic rings. The number of nitrogens with one attached hydrogen (secondary N) is 3. The number of piperidine rings is 1. The van der Waals surface area contributed by atoms with E-state index in [9.17, 15) is 9.59 Å². The predicted octanol–water partition coefficient (Wildman–Crippen LogP) is 4.86. The van der Waals surface area contributed by atoms with Gasteiger partial charge in [-0.25, -0.2) is 4.79 Å². The zero-order valence-corrected chi connectivity index (χ0v) is 24.7. The molecular formula is C29H29Cl2N9O3. The number of methoxy groups -OCH3 is 1. The minimum Gasteiger partial charge on any atom is -0.453 e. The molecule has 2 aromatic carbocycles. The number of carbonyl (C=O) groups is 2. The highest BCUT2D eigenvalue weighted by atomic mass is 35.5. The van der Waals surface area contributed by atoms with Crippen molar-refractivity contribution >= 4 is 47.0 Å². The summed E-state index contributed by atoms with van der Waals surface area (Å²) in [7, 11) is 1.30. The van der Waals surface area contributed by atoms with Crippen LogP contribution in [0, 0.1) is 5.92 Å². The van der Waals surface area contributed by atoms with Gasteiger partial charge in [-0.3, -0.25) is 10.1 Å². The van der Waals surface area contributed by atoms with Crippen LogP contribution < -0.4 is 16.0 Å². The Morgan fingerprint density at radius 1 is 1.16 bits per heavy atom. The SMILES string of the molecule is COC(=O)Nc1ccc(-c2cc([C@H](CC3CCCNC3)NC(=O)/C=C/c3cc(Cl)ccc3-n3cnnn3)nnc2Cl)cc1. The van der Waals surface area contributed by atoms with Crippen molar-refractivity contribution in [2.75, 3.05) is 25.5 Å². The third-order valence-corrected chi connectivity index (χ3v) is 7.55. The first-order valence-corrected chi connectivity index (χ1v) is 14.4. The van der Waals surface area contributed by atoms with Crippen molar-refractivity contribution in [2.24, 2.45) is 5.92 Å². The topological polar surface area (TPSA) is 149 Å². The molecule has 1 aliphatic heterocycles. The Labute approximate surface area is 257 Å². The standard InChI is InChI=1S/C29H29Cl2N9O3/c1-43-29(42)34-22-8-4-19(5-9-22)23-15-25(36-37-28(23)31)24(13-18-3-2-12-32-16-18)35-27(41)11-6-20-14-21(30)7-10-26(20)40-17-33-38-39-40/h4-11,14-15,17-18,24,32H,2-3,12-13,16H2,1H3,(H,34,42)(H,35,41)/b11-6+/t18?,24-/m0/s1. The average molecular weight is 623 g/mol. The monoisotopic (exact) mass is 621 g/mol. The minimum absolute atomic E-state index is 0.220. The maximum atomic E-state index is 13.3. The maximum absolute atomic E-state index is 13.3. The van der Waals surface area contributed by atoms with Crippen LogP contribution in [0.25, 0.3) is 22.9 Å². The lowest BCUT2D eigenvalue weighted by Crippen LogP contribution is -2.35. The van der Waals surface area contributed by atoms with Crippen LogP contribution in [0.1, 0.15) is 36.6 Å². The normalized spacial score (nSPS) is 15.7. The van der Waals surface area contributed by atoms with Crippen LogP contribution >= 0.6 is 23.2 Å². The van der Waals surface area contributed by atoms with E-state index in [0.717, 1.165) is 31.5 Å². The van der Waals surface area contributed by atoms with Gasteiger partial charge >= 0.3 is 6.09 Å². The van der Waals surface area contributed by atoms with Crippen LogP contribution in [0.2, 0.25) is 10.2 Å². The Morgan fingerprint density at radius 3 is 2.72 bits per heavy atom. The third-order valence-electron chi connectivity index (χ3n) is 7.04. The molecule has 0 spiro atoms. The van der Waals surface area contributed by atoms with Gasteiger partial charge in [0.15, 0.2) is 5.15 Å². The minimum atomic E-state index is -0.564. The summed E-state index contributed by atoms with van der Waals surface area (Å²) in [5, 5.41) is 29.8. The molecule has 0 aliphatic carbocycles. The number of nitrogens with zero attached hydrogens (tertiary/aromatic N) is 6. The van der Waals surface area contributed by atoms with Gasteiger partial charge in [0.1, 0.15) is 6.33 Å². The fourth-order valence-corrected chi connectivity index (χ4v) is 5.29. The molecule has 43 heavy (non-hydrogen) atoms. The van der Waals surface area contributed by atoms with Crippen LogP contribution in [0.3, 0.4) is 0 Å². The summed E-state index contributed by atoms with van der Waals surface area (Å²) < 4.78 is 6.14. The molecule has 222 valence electrons. The fourth-order valence-electron chi connectivity index (χ4n) is 4.90. The summed E-state index contributed by atoms with van der Waals surface area (Å²) >= 11 is 12.7. The molecule has 12 nitrogen and oxygen atoms in total. The van der Waals surface area contributed by atoms with Gasteiger partial charge in [-0.2, -0.15) is 9.78 Å². The molecule has 14 heteroatoms. The van der Waals surface area contributed by atoms with Crippen LogP contribution in [0.15, 0.2) is 60.9 Å². The van der Waals surface area contributed by atoms with E-state index in [1.54, 1.807) is 36.4 Å². The van der Waals surface area contributed by atoms with E-state index in [0.29, 0.717) is 45.6 Å². The number of amides is 2. The van der Waals surface area contributed by atoms with E-state index in [1.165, 1.54) is 24.2 Å².